The molecule has 6 heteroatoms. The van der Waals surface area contributed by atoms with Crippen LogP contribution in [-0.4, -0.2) is 26.6 Å². The van der Waals surface area contributed by atoms with Crippen molar-refractivity contribution < 1.29 is 8.91 Å². The van der Waals surface area contributed by atoms with E-state index in [1.54, 1.807) is 12.4 Å². The fourth-order valence-corrected chi connectivity index (χ4v) is 2.18. The van der Waals surface area contributed by atoms with Crippen LogP contribution in [0.25, 0.3) is 22.8 Å². The Balaban J connectivity index is 1.92. The summed E-state index contributed by atoms with van der Waals surface area (Å²) in [4.78, 5) is 4.41. The van der Waals surface area contributed by atoms with Gasteiger partial charge in [-0.3, -0.25) is 4.68 Å². The van der Waals surface area contributed by atoms with Gasteiger partial charge in [-0.25, -0.2) is 4.39 Å². The Bertz CT molecular complexity index is 735. The van der Waals surface area contributed by atoms with Gasteiger partial charge in [-0.2, -0.15) is 10.1 Å². The number of aromatic nitrogens is 4. The van der Waals surface area contributed by atoms with Crippen LogP contribution in [0.2, 0.25) is 0 Å². The average molecular weight is 286 g/mol. The van der Waals surface area contributed by atoms with Crippen LogP contribution in [0.15, 0.2) is 41.2 Å². The number of nitrogens with zero attached hydrogens (tertiary/aromatic N) is 4. The van der Waals surface area contributed by atoms with Crippen LogP contribution in [0.3, 0.4) is 0 Å². The summed E-state index contributed by atoms with van der Waals surface area (Å²) >= 11 is 0. The molecule has 0 aliphatic carbocycles. The lowest BCUT2D eigenvalue weighted by Gasteiger charge is -2.01. The van der Waals surface area contributed by atoms with Crippen LogP contribution in [0, 0.1) is 0 Å². The fourth-order valence-electron chi connectivity index (χ4n) is 2.18. The maximum atomic E-state index is 12.3. The maximum Gasteiger partial charge on any atom is 0.258 e. The Hall–Kier alpha value is -2.50. The highest BCUT2D eigenvalue weighted by molar-refractivity contribution is 5.61. The highest BCUT2D eigenvalue weighted by Crippen LogP contribution is 2.25. The molecule has 2 heterocycles. The first-order valence-electron chi connectivity index (χ1n) is 6.82. The predicted octanol–water partition coefficient (Wildman–Crippen LogP) is 3.13. The molecule has 0 saturated heterocycles. The predicted molar refractivity (Wildman–Crippen MR) is 76.3 cm³/mol. The second-order valence-electron chi connectivity index (χ2n) is 4.61. The Morgan fingerprint density at radius 1 is 1.29 bits per heavy atom. The van der Waals surface area contributed by atoms with Crippen molar-refractivity contribution in [2.75, 3.05) is 6.67 Å². The zero-order valence-electron chi connectivity index (χ0n) is 11.7. The van der Waals surface area contributed by atoms with Crippen LogP contribution in [0.5, 0.6) is 0 Å². The van der Waals surface area contributed by atoms with E-state index in [2.05, 4.69) is 22.2 Å². The monoisotopic (exact) mass is 286 g/mol. The van der Waals surface area contributed by atoms with Gasteiger partial charge in [0.05, 0.1) is 18.3 Å². The quantitative estimate of drug-likeness (QED) is 0.723. The second kappa shape index (κ2) is 5.87. The van der Waals surface area contributed by atoms with Crippen LogP contribution < -0.4 is 0 Å². The standard InChI is InChI=1S/C15H15FN4O/c1-2-11-5-3-4-6-13(11)15-18-14(19-21-15)12-9-17-20(10-12)8-7-16/h3-6,9-10H,2,7-8H2,1H3. The van der Waals surface area contributed by atoms with E-state index >= 15 is 0 Å². The first-order chi connectivity index (χ1) is 10.3. The summed E-state index contributed by atoms with van der Waals surface area (Å²) in [5, 5.41) is 8.03. The van der Waals surface area contributed by atoms with Gasteiger partial charge in [0, 0.05) is 11.8 Å². The third kappa shape index (κ3) is 2.69. The van der Waals surface area contributed by atoms with Crippen molar-refractivity contribution >= 4 is 0 Å². The van der Waals surface area contributed by atoms with Gasteiger partial charge in [0.1, 0.15) is 6.67 Å². The number of hydrogen-bond acceptors (Lipinski definition) is 4. The van der Waals surface area contributed by atoms with E-state index in [1.165, 1.54) is 4.68 Å². The van der Waals surface area contributed by atoms with Gasteiger partial charge in [-0.05, 0) is 18.1 Å². The van der Waals surface area contributed by atoms with Crippen molar-refractivity contribution in [1.29, 1.82) is 0 Å². The topological polar surface area (TPSA) is 56.7 Å². The van der Waals surface area contributed by atoms with Crippen LogP contribution >= 0.6 is 0 Å². The maximum absolute atomic E-state index is 12.3. The van der Waals surface area contributed by atoms with Crippen LogP contribution in [0.4, 0.5) is 4.39 Å². The molecule has 0 aliphatic heterocycles. The zero-order valence-corrected chi connectivity index (χ0v) is 11.7. The first kappa shape index (κ1) is 13.5. The molecule has 0 spiro atoms. The number of hydrogen-bond donors (Lipinski definition) is 0. The summed E-state index contributed by atoms with van der Waals surface area (Å²) in [6.45, 7) is 1.85. The van der Waals surface area contributed by atoms with Crippen molar-refractivity contribution in [3.05, 3.63) is 42.2 Å². The lowest BCUT2D eigenvalue weighted by atomic mass is 10.1. The van der Waals surface area contributed by atoms with Crippen molar-refractivity contribution in [2.24, 2.45) is 0 Å². The van der Waals surface area contributed by atoms with E-state index in [0.717, 1.165) is 17.5 Å². The molecule has 0 amide bonds. The van der Waals surface area contributed by atoms with Gasteiger partial charge in [-0.15, -0.1) is 0 Å². The molecule has 0 radical (unpaired) electrons. The van der Waals surface area contributed by atoms with Crippen molar-refractivity contribution in [2.45, 2.75) is 19.9 Å². The summed E-state index contributed by atoms with van der Waals surface area (Å²) in [6, 6.07) is 7.93. The Morgan fingerprint density at radius 3 is 2.95 bits per heavy atom. The van der Waals surface area contributed by atoms with E-state index in [4.69, 9.17) is 4.52 Å². The summed E-state index contributed by atoms with van der Waals surface area (Å²) in [7, 11) is 0. The van der Waals surface area contributed by atoms with E-state index < -0.39 is 6.67 Å². The number of alkyl halides is 1. The Morgan fingerprint density at radius 2 is 2.14 bits per heavy atom. The molecule has 0 aliphatic rings. The van der Waals surface area contributed by atoms with Gasteiger partial charge in [0.25, 0.3) is 5.89 Å². The molecule has 108 valence electrons. The van der Waals surface area contributed by atoms with Crippen LogP contribution in [-0.2, 0) is 13.0 Å². The van der Waals surface area contributed by atoms with Gasteiger partial charge in [0.2, 0.25) is 5.82 Å². The van der Waals surface area contributed by atoms with E-state index in [0.29, 0.717) is 17.3 Å². The smallest absolute Gasteiger partial charge is 0.258 e. The molecule has 21 heavy (non-hydrogen) atoms. The molecular formula is C15H15FN4O. The Kier molecular flexibility index (Phi) is 3.77. The molecular weight excluding hydrogens is 271 g/mol. The normalized spacial score (nSPS) is 11.0. The molecule has 3 rings (SSSR count). The number of rotatable bonds is 5. The molecule has 2 aromatic heterocycles. The molecule has 3 aromatic rings. The minimum absolute atomic E-state index is 0.226. The van der Waals surface area contributed by atoms with Gasteiger partial charge in [-0.1, -0.05) is 30.3 Å². The van der Waals surface area contributed by atoms with Gasteiger partial charge < -0.3 is 4.52 Å². The summed E-state index contributed by atoms with van der Waals surface area (Å²) in [5.41, 5.74) is 2.81. The molecule has 0 saturated carbocycles. The fraction of sp³-hybridized carbons (Fsp3) is 0.267. The van der Waals surface area contributed by atoms with Crippen molar-refractivity contribution in [3.8, 4) is 22.8 Å². The molecule has 0 unspecified atom stereocenters. The minimum Gasteiger partial charge on any atom is -0.334 e. The van der Waals surface area contributed by atoms with Gasteiger partial charge >= 0.3 is 0 Å². The third-order valence-corrected chi connectivity index (χ3v) is 3.26. The molecule has 5 nitrogen and oxygen atoms in total. The van der Waals surface area contributed by atoms with E-state index in [-0.39, 0.29) is 6.54 Å². The largest absolute Gasteiger partial charge is 0.334 e. The average Bonchev–Trinajstić information content (AvgIpc) is 3.16. The second-order valence-corrected chi connectivity index (χ2v) is 4.61. The summed E-state index contributed by atoms with van der Waals surface area (Å²) in [5.74, 6) is 0.946. The number of aryl methyl sites for hydroxylation is 2. The zero-order chi connectivity index (χ0) is 14.7. The summed E-state index contributed by atoms with van der Waals surface area (Å²) in [6.07, 6.45) is 4.21. The van der Waals surface area contributed by atoms with E-state index in [1.807, 2.05) is 24.3 Å². The lowest BCUT2D eigenvalue weighted by Crippen LogP contribution is -1.98. The Labute approximate surface area is 121 Å². The van der Waals surface area contributed by atoms with Crippen LogP contribution in [0.1, 0.15) is 12.5 Å². The highest BCUT2D eigenvalue weighted by atomic mass is 19.1. The first-order valence-corrected chi connectivity index (χ1v) is 6.82. The van der Waals surface area contributed by atoms with Gasteiger partial charge in [0.15, 0.2) is 0 Å². The SMILES string of the molecule is CCc1ccccc1-c1nc(-c2cnn(CCF)c2)no1. The van der Waals surface area contributed by atoms with E-state index in [9.17, 15) is 4.39 Å². The molecule has 0 atom stereocenters. The van der Waals surface area contributed by atoms with Crippen molar-refractivity contribution in [1.82, 2.24) is 19.9 Å². The molecule has 0 N–H and O–H groups in total. The molecule has 1 aromatic carbocycles. The summed E-state index contributed by atoms with van der Waals surface area (Å²) < 4.78 is 19.2. The lowest BCUT2D eigenvalue weighted by molar-refractivity contribution is 0.427. The molecule has 0 bridgehead atoms. The minimum atomic E-state index is -0.456. The number of halogens is 1. The number of benzene rings is 1. The molecule has 0 fully saturated rings. The third-order valence-electron chi connectivity index (χ3n) is 3.26. The highest BCUT2D eigenvalue weighted by Gasteiger charge is 2.14. The van der Waals surface area contributed by atoms with Crippen molar-refractivity contribution in [3.63, 3.8) is 0 Å².